The number of hydrogen-bond donors (Lipinski definition) is 1. The van der Waals surface area contributed by atoms with E-state index in [4.69, 9.17) is 16.1 Å². The van der Waals surface area contributed by atoms with Crippen molar-refractivity contribution < 1.29 is 9.32 Å². The number of carbonyl (C=O) groups is 1. The highest BCUT2D eigenvalue weighted by Gasteiger charge is 2.26. The number of hydrogen-bond acceptors (Lipinski definition) is 4. The third kappa shape index (κ3) is 4.11. The second-order valence-corrected chi connectivity index (χ2v) is 6.60. The quantitative estimate of drug-likeness (QED) is 0.670. The lowest BCUT2D eigenvalue weighted by molar-refractivity contribution is 0.0910. The maximum atomic E-state index is 12.5. The van der Waals surface area contributed by atoms with Crippen LogP contribution in [0.15, 0.2) is 59.1 Å². The Morgan fingerprint density at radius 1 is 1.15 bits per heavy atom. The number of nitrogens with one attached hydrogen (secondary N) is 1. The molecule has 134 valence electrons. The van der Waals surface area contributed by atoms with Gasteiger partial charge in [-0.1, -0.05) is 55.2 Å². The fraction of sp³-hybridized carbons (Fsp3) is 0.250. The van der Waals surface area contributed by atoms with Crippen molar-refractivity contribution in [2.45, 2.75) is 26.3 Å². The molecule has 1 aromatic heterocycles. The van der Waals surface area contributed by atoms with E-state index in [1.165, 1.54) is 0 Å². The van der Waals surface area contributed by atoms with E-state index in [9.17, 15) is 4.79 Å². The summed E-state index contributed by atoms with van der Waals surface area (Å²) in [6.45, 7) is 4.10. The van der Waals surface area contributed by atoms with Crippen molar-refractivity contribution in [3.8, 4) is 11.4 Å². The smallest absolute Gasteiger partial charge is 0.251 e. The van der Waals surface area contributed by atoms with Crippen LogP contribution in [0.1, 0.15) is 42.6 Å². The first-order valence-electron chi connectivity index (χ1n) is 8.54. The molecule has 3 aromatic rings. The van der Waals surface area contributed by atoms with Gasteiger partial charge < -0.3 is 9.84 Å². The summed E-state index contributed by atoms with van der Waals surface area (Å²) in [6, 6.07) is 15.9. The Hall–Kier alpha value is -2.66. The second-order valence-electron chi connectivity index (χ2n) is 6.17. The maximum Gasteiger partial charge on any atom is 0.251 e. The Morgan fingerprint density at radius 2 is 1.85 bits per heavy atom. The van der Waals surface area contributed by atoms with Gasteiger partial charge in [0, 0.05) is 16.1 Å². The first-order chi connectivity index (χ1) is 12.6. The van der Waals surface area contributed by atoms with Crippen molar-refractivity contribution in [2.75, 3.05) is 0 Å². The molecule has 0 fully saturated rings. The molecule has 1 N–H and O–H groups in total. The van der Waals surface area contributed by atoms with Crippen LogP contribution in [-0.4, -0.2) is 16.0 Å². The predicted molar refractivity (Wildman–Crippen MR) is 101 cm³/mol. The number of benzene rings is 2. The molecule has 6 heteroatoms. The average molecular weight is 370 g/mol. The molecular weight excluding hydrogens is 350 g/mol. The molecule has 3 rings (SSSR count). The zero-order chi connectivity index (χ0) is 18.5. The summed E-state index contributed by atoms with van der Waals surface area (Å²) in [5.74, 6) is 0.843. The molecule has 2 aromatic carbocycles. The van der Waals surface area contributed by atoms with Crippen molar-refractivity contribution in [1.82, 2.24) is 15.5 Å². The molecule has 0 aliphatic rings. The summed E-state index contributed by atoms with van der Waals surface area (Å²) in [7, 11) is 0. The lowest BCUT2D eigenvalue weighted by Gasteiger charge is -2.20. The van der Waals surface area contributed by atoms with Crippen LogP contribution in [-0.2, 0) is 0 Å². The highest BCUT2D eigenvalue weighted by atomic mass is 35.5. The Morgan fingerprint density at radius 3 is 2.50 bits per heavy atom. The second kappa shape index (κ2) is 8.15. The van der Waals surface area contributed by atoms with Crippen LogP contribution >= 0.6 is 11.6 Å². The lowest BCUT2D eigenvalue weighted by atomic mass is 9.98. The zero-order valence-corrected chi connectivity index (χ0v) is 15.4. The standard InChI is InChI=1S/C20H20ClN3O2/c1-3-13(2)17(22-19(25)15-7-5-4-6-8-15)20-23-18(24-26-20)14-9-11-16(21)12-10-14/h4-13,17H,3H2,1-2H3,(H,22,25). The molecule has 0 aliphatic carbocycles. The summed E-state index contributed by atoms with van der Waals surface area (Å²) < 4.78 is 5.46. The van der Waals surface area contributed by atoms with Gasteiger partial charge in [0.25, 0.3) is 5.91 Å². The minimum Gasteiger partial charge on any atom is -0.340 e. The van der Waals surface area contributed by atoms with Gasteiger partial charge in [0.15, 0.2) is 0 Å². The lowest BCUT2D eigenvalue weighted by Crippen LogP contribution is -2.32. The van der Waals surface area contributed by atoms with Gasteiger partial charge in [-0.25, -0.2) is 0 Å². The molecule has 1 heterocycles. The van der Waals surface area contributed by atoms with Crippen molar-refractivity contribution in [2.24, 2.45) is 5.92 Å². The van der Waals surface area contributed by atoms with E-state index in [2.05, 4.69) is 22.4 Å². The number of aromatic nitrogens is 2. The number of carbonyl (C=O) groups excluding carboxylic acids is 1. The summed E-state index contributed by atoms with van der Waals surface area (Å²) in [5, 5.41) is 7.71. The van der Waals surface area contributed by atoms with Crippen LogP contribution in [0.4, 0.5) is 0 Å². The van der Waals surface area contributed by atoms with Gasteiger partial charge in [-0.15, -0.1) is 0 Å². The monoisotopic (exact) mass is 369 g/mol. The van der Waals surface area contributed by atoms with Crippen molar-refractivity contribution in [3.05, 3.63) is 71.1 Å². The molecule has 0 spiro atoms. The molecule has 2 atom stereocenters. The predicted octanol–water partition coefficient (Wildman–Crippen LogP) is 4.91. The molecule has 26 heavy (non-hydrogen) atoms. The van der Waals surface area contributed by atoms with Gasteiger partial charge in [0.1, 0.15) is 6.04 Å². The van der Waals surface area contributed by atoms with E-state index in [0.29, 0.717) is 22.3 Å². The third-order valence-corrected chi connectivity index (χ3v) is 4.60. The van der Waals surface area contributed by atoms with Crippen molar-refractivity contribution in [1.29, 1.82) is 0 Å². The number of amides is 1. The van der Waals surface area contributed by atoms with Crippen LogP contribution in [0.5, 0.6) is 0 Å². The number of halogens is 1. The largest absolute Gasteiger partial charge is 0.340 e. The maximum absolute atomic E-state index is 12.5. The molecule has 0 bridgehead atoms. The molecular formula is C20H20ClN3O2. The van der Waals surface area contributed by atoms with E-state index < -0.39 is 0 Å². The first kappa shape index (κ1) is 18.1. The average Bonchev–Trinajstić information content (AvgIpc) is 3.16. The molecule has 0 radical (unpaired) electrons. The van der Waals surface area contributed by atoms with E-state index in [0.717, 1.165) is 12.0 Å². The minimum atomic E-state index is -0.360. The Balaban J connectivity index is 1.84. The highest BCUT2D eigenvalue weighted by molar-refractivity contribution is 6.30. The van der Waals surface area contributed by atoms with Crippen molar-refractivity contribution in [3.63, 3.8) is 0 Å². The normalized spacial score (nSPS) is 13.2. The molecule has 0 saturated heterocycles. The summed E-state index contributed by atoms with van der Waals surface area (Å²) in [5.41, 5.74) is 1.40. The van der Waals surface area contributed by atoms with Crippen LogP contribution in [0, 0.1) is 5.92 Å². The van der Waals surface area contributed by atoms with Gasteiger partial charge in [0.2, 0.25) is 11.7 Å². The molecule has 1 amide bonds. The van der Waals surface area contributed by atoms with Gasteiger partial charge in [0.05, 0.1) is 0 Å². The van der Waals surface area contributed by atoms with Crippen LogP contribution in [0.2, 0.25) is 5.02 Å². The summed E-state index contributed by atoms with van der Waals surface area (Å²) >= 11 is 5.92. The van der Waals surface area contributed by atoms with Crippen LogP contribution in [0.3, 0.4) is 0 Å². The van der Waals surface area contributed by atoms with Gasteiger partial charge >= 0.3 is 0 Å². The summed E-state index contributed by atoms with van der Waals surface area (Å²) in [6.07, 6.45) is 0.860. The van der Waals surface area contributed by atoms with Crippen molar-refractivity contribution >= 4 is 17.5 Å². The topological polar surface area (TPSA) is 68.0 Å². The zero-order valence-electron chi connectivity index (χ0n) is 14.6. The Labute approximate surface area is 157 Å². The number of rotatable bonds is 6. The SMILES string of the molecule is CCC(C)C(NC(=O)c1ccccc1)c1nc(-c2ccc(Cl)cc2)no1. The van der Waals surface area contributed by atoms with Gasteiger partial charge in [-0.05, 0) is 42.3 Å². The van der Waals surface area contributed by atoms with E-state index in [1.807, 2.05) is 37.3 Å². The van der Waals surface area contributed by atoms with Crippen LogP contribution in [0.25, 0.3) is 11.4 Å². The molecule has 2 unspecified atom stereocenters. The fourth-order valence-electron chi connectivity index (χ4n) is 2.57. The fourth-order valence-corrected chi connectivity index (χ4v) is 2.70. The Bertz CT molecular complexity index is 862. The molecule has 0 aliphatic heterocycles. The van der Waals surface area contributed by atoms with E-state index in [-0.39, 0.29) is 17.9 Å². The number of nitrogens with zero attached hydrogens (tertiary/aromatic N) is 2. The molecule has 5 nitrogen and oxygen atoms in total. The molecule has 0 saturated carbocycles. The van der Waals surface area contributed by atoms with Gasteiger partial charge in [-0.3, -0.25) is 4.79 Å². The summed E-state index contributed by atoms with van der Waals surface area (Å²) in [4.78, 5) is 17.0. The van der Waals surface area contributed by atoms with E-state index >= 15 is 0 Å². The van der Waals surface area contributed by atoms with Gasteiger partial charge in [-0.2, -0.15) is 4.98 Å². The van der Waals surface area contributed by atoms with E-state index in [1.54, 1.807) is 24.3 Å². The Kier molecular flexibility index (Phi) is 5.68. The minimum absolute atomic E-state index is 0.140. The van der Waals surface area contributed by atoms with Crippen LogP contribution < -0.4 is 5.32 Å². The third-order valence-electron chi connectivity index (χ3n) is 4.35. The first-order valence-corrected chi connectivity index (χ1v) is 8.91. The highest BCUT2D eigenvalue weighted by Crippen LogP contribution is 2.26.